The molecule has 0 aromatic heterocycles. The Morgan fingerprint density at radius 1 is 1.06 bits per heavy atom. The van der Waals surface area contributed by atoms with Crippen LogP contribution >= 0.6 is 0 Å². The molecule has 0 amide bonds. The molecule has 3 aliphatic carbocycles. The van der Waals surface area contributed by atoms with Crippen molar-refractivity contribution < 1.29 is 4.79 Å². The fourth-order valence-electron chi connectivity index (χ4n) is 3.68. The first-order valence-corrected chi connectivity index (χ1v) is 6.51. The standard InChI is InChI=1S/C16H18O/c1-11(17)15-13-7-9-14(10-8-13)16(15)12-5-3-2-4-6-12/h2-7,9,13-16H,8,10H2,1H3. The van der Waals surface area contributed by atoms with Gasteiger partial charge in [-0.15, -0.1) is 0 Å². The highest BCUT2D eigenvalue weighted by atomic mass is 16.1. The smallest absolute Gasteiger partial charge is 0.134 e. The highest BCUT2D eigenvalue weighted by Gasteiger charge is 2.43. The first-order valence-electron chi connectivity index (χ1n) is 6.51. The minimum Gasteiger partial charge on any atom is -0.300 e. The zero-order valence-corrected chi connectivity index (χ0v) is 10.2. The summed E-state index contributed by atoms with van der Waals surface area (Å²) in [5.41, 5.74) is 1.34. The van der Waals surface area contributed by atoms with Gasteiger partial charge in [0, 0.05) is 11.8 Å². The van der Waals surface area contributed by atoms with Gasteiger partial charge in [0.05, 0.1) is 0 Å². The Morgan fingerprint density at radius 2 is 1.71 bits per heavy atom. The van der Waals surface area contributed by atoms with Crippen LogP contribution in [0.25, 0.3) is 0 Å². The van der Waals surface area contributed by atoms with Crippen molar-refractivity contribution in [1.82, 2.24) is 0 Å². The maximum atomic E-state index is 11.9. The topological polar surface area (TPSA) is 17.1 Å². The fourth-order valence-corrected chi connectivity index (χ4v) is 3.68. The lowest BCUT2D eigenvalue weighted by Crippen LogP contribution is -2.38. The minimum atomic E-state index is 0.209. The van der Waals surface area contributed by atoms with E-state index >= 15 is 0 Å². The van der Waals surface area contributed by atoms with Gasteiger partial charge in [-0.1, -0.05) is 42.5 Å². The van der Waals surface area contributed by atoms with Crippen molar-refractivity contribution in [2.24, 2.45) is 17.8 Å². The molecule has 3 aliphatic rings. The lowest BCUT2D eigenvalue weighted by atomic mass is 9.59. The third-order valence-electron chi connectivity index (χ3n) is 4.40. The average molecular weight is 226 g/mol. The molecule has 0 spiro atoms. The average Bonchev–Trinajstić information content (AvgIpc) is 2.40. The Bertz CT molecular complexity index is 446. The number of carbonyl (C=O) groups is 1. The molecule has 4 rings (SSSR count). The van der Waals surface area contributed by atoms with E-state index in [1.54, 1.807) is 6.92 Å². The van der Waals surface area contributed by atoms with Crippen molar-refractivity contribution in [3.63, 3.8) is 0 Å². The molecule has 0 N–H and O–H groups in total. The summed E-state index contributed by atoms with van der Waals surface area (Å²) < 4.78 is 0. The normalized spacial score (nSPS) is 34.9. The Kier molecular flexibility index (Phi) is 2.62. The van der Waals surface area contributed by atoms with E-state index in [0.717, 1.165) is 0 Å². The maximum absolute atomic E-state index is 11.9. The molecule has 88 valence electrons. The van der Waals surface area contributed by atoms with Crippen molar-refractivity contribution in [3.05, 3.63) is 48.0 Å². The zero-order valence-electron chi connectivity index (χ0n) is 10.2. The van der Waals surface area contributed by atoms with E-state index in [9.17, 15) is 4.79 Å². The van der Waals surface area contributed by atoms with Gasteiger partial charge in [-0.25, -0.2) is 0 Å². The van der Waals surface area contributed by atoms with Gasteiger partial charge in [0.1, 0.15) is 5.78 Å². The molecular weight excluding hydrogens is 208 g/mol. The summed E-state index contributed by atoms with van der Waals surface area (Å²) in [6, 6.07) is 10.6. The summed E-state index contributed by atoms with van der Waals surface area (Å²) in [7, 11) is 0. The molecule has 1 saturated carbocycles. The molecule has 0 radical (unpaired) electrons. The summed E-state index contributed by atoms with van der Waals surface area (Å²) in [5, 5.41) is 0. The summed E-state index contributed by atoms with van der Waals surface area (Å²) >= 11 is 0. The second-order valence-corrected chi connectivity index (χ2v) is 5.36. The molecule has 4 unspecified atom stereocenters. The zero-order chi connectivity index (χ0) is 11.8. The molecule has 0 saturated heterocycles. The van der Waals surface area contributed by atoms with E-state index in [1.807, 2.05) is 6.07 Å². The van der Waals surface area contributed by atoms with Crippen molar-refractivity contribution in [1.29, 1.82) is 0 Å². The van der Waals surface area contributed by atoms with Gasteiger partial charge in [-0.2, -0.15) is 0 Å². The van der Waals surface area contributed by atoms with Crippen LogP contribution in [-0.4, -0.2) is 5.78 Å². The number of benzene rings is 1. The van der Waals surface area contributed by atoms with Crippen molar-refractivity contribution in [2.45, 2.75) is 25.7 Å². The van der Waals surface area contributed by atoms with Crippen LogP contribution in [0.15, 0.2) is 42.5 Å². The predicted octanol–water partition coefficient (Wildman–Crippen LogP) is 3.57. The first-order chi connectivity index (χ1) is 8.27. The second kappa shape index (κ2) is 4.14. The molecule has 2 bridgehead atoms. The van der Waals surface area contributed by atoms with Crippen LogP contribution in [0.2, 0.25) is 0 Å². The lowest BCUT2D eigenvalue weighted by Gasteiger charge is -2.44. The molecule has 1 nitrogen and oxygen atoms in total. The third-order valence-corrected chi connectivity index (χ3v) is 4.40. The van der Waals surface area contributed by atoms with Crippen LogP contribution in [0.4, 0.5) is 0 Å². The van der Waals surface area contributed by atoms with Crippen LogP contribution in [0.5, 0.6) is 0 Å². The van der Waals surface area contributed by atoms with Gasteiger partial charge in [0.25, 0.3) is 0 Å². The Labute approximate surface area is 103 Å². The van der Waals surface area contributed by atoms with Gasteiger partial charge in [0.2, 0.25) is 0 Å². The molecule has 4 atom stereocenters. The number of fused-ring (bicyclic) bond motifs is 2. The molecule has 17 heavy (non-hydrogen) atoms. The van der Waals surface area contributed by atoms with Gasteiger partial charge in [0.15, 0.2) is 0 Å². The highest BCUT2D eigenvalue weighted by Crippen LogP contribution is 2.50. The monoisotopic (exact) mass is 226 g/mol. The number of allylic oxidation sites excluding steroid dienone is 2. The second-order valence-electron chi connectivity index (χ2n) is 5.36. The predicted molar refractivity (Wildman–Crippen MR) is 68.7 cm³/mol. The molecule has 0 heterocycles. The summed E-state index contributed by atoms with van der Waals surface area (Å²) in [5.74, 6) is 2.02. The van der Waals surface area contributed by atoms with Gasteiger partial charge in [-0.3, -0.25) is 4.79 Å². The Morgan fingerprint density at radius 3 is 2.29 bits per heavy atom. The quantitative estimate of drug-likeness (QED) is 0.704. The molecule has 1 aromatic carbocycles. The van der Waals surface area contributed by atoms with E-state index in [-0.39, 0.29) is 5.92 Å². The molecule has 0 aliphatic heterocycles. The molecule has 1 fully saturated rings. The van der Waals surface area contributed by atoms with Crippen LogP contribution < -0.4 is 0 Å². The van der Waals surface area contributed by atoms with Gasteiger partial charge in [-0.05, 0) is 37.2 Å². The maximum Gasteiger partial charge on any atom is 0.134 e. The van der Waals surface area contributed by atoms with Crippen LogP contribution in [0, 0.1) is 17.8 Å². The summed E-state index contributed by atoms with van der Waals surface area (Å²) in [4.78, 5) is 11.9. The SMILES string of the molecule is CC(=O)C1C2C=CC(CC2)C1c1ccccc1. The van der Waals surface area contributed by atoms with Crippen molar-refractivity contribution in [3.8, 4) is 0 Å². The van der Waals surface area contributed by atoms with Crippen molar-refractivity contribution in [2.75, 3.05) is 0 Å². The van der Waals surface area contributed by atoms with E-state index in [1.165, 1.54) is 18.4 Å². The third kappa shape index (κ3) is 1.74. The molecule has 1 aromatic rings. The number of rotatable bonds is 2. The Balaban J connectivity index is 2.02. The number of hydrogen-bond acceptors (Lipinski definition) is 1. The highest BCUT2D eigenvalue weighted by molar-refractivity contribution is 5.80. The van der Waals surface area contributed by atoms with Gasteiger partial charge >= 0.3 is 0 Å². The molecule has 1 heteroatoms. The first kappa shape index (κ1) is 10.8. The number of ketones is 1. The lowest BCUT2D eigenvalue weighted by molar-refractivity contribution is -0.124. The number of hydrogen-bond donors (Lipinski definition) is 0. The minimum absolute atomic E-state index is 0.209. The van der Waals surface area contributed by atoms with E-state index < -0.39 is 0 Å². The summed E-state index contributed by atoms with van der Waals surface area (Å²) in [6.07, 6.45) is 7.05. The van der Waals surface area contributed by atoms with Crippen molar-refractivity contribution >= 4 is 5.78 Å². The number of carbonyl (C=O) groups excluding carboxylic acids is 1. The van der Waals surface area contributed by atoms with Crippen LogP contribution in [0.1, 0.15) is 31.2 Å². The molecular formula is C16H18O. The number of Topliss-reactive ketones (excluding diaryl/α,β-unsaturated/α-hetero) is 1. The Hall–Kier alpha value is -1.37. The largest absolute Gasteiger partial charge is 0.300 e. The summed E-state index contributed by atoms with van der Waals surface area (Å²) in [6.45, 7) is 1.76. The van der Waals surface area contributed by atoms with Crippen LogP contribution in [0.3, 0.4) is 0 Å². The van der Waals surface area contributed by atoms with E-state index in [0.29, 0.717) is 23.5 Å². The van der Waals surface area contributed by atoms with E-state index in [4.69, 9.17) is 0 Å². The van der Waals surface area contributed by atoms with E-state index in [2.05, 4.69) is 36.4 Å². The fraction of sp³-hybridized carbons (Fsp3) is 0.438. The van der Waals surface area contributed by atoms with Crippen LogP contribution in [-0.2, 0) is 4.79 Å². The van der Waals surface area contributed by atoms with Gasteiger partial charge < -0.3 is 0 Å².